The van der Waals surface area contributed by atoms with Crippen molar-refractivity contribution in [2.24, 2.45) is 0 Å². The third kappa shape index (κ3) is 4.35. The number of hydrogen-bond donors (Lipinski definition) is 2. The number of anilines is 1. The van der Waals surface area contributed by atoms with E-state index in [1.807, 2.05) is 25.1 Å². The summed E-state index contributed by atoms with van der Waals surface area (Å²) >= 11 is 6.13. The Balaban J connectivity index is 1.81. The van der Waals surface area contributed by atoms with Crippen molar-refractivity contribution >= 4 is 17.3 Å². The maximum absolute atomic E-state index is 10.1. The molecule has 0 saturated carbocycles. The van der Waals surface area contributed by atoms with Gasteiger partial charge in [-0.05, 0) is 18.6 Å². The minimum Gasteiger partial charge on any atom is -0.390 e. The van der Waals surface area contributed by atoms with Crippen LogP contribution in [0.15, 0.2) is 18.2 Å². The summed E-state index contributed by atoms with van der Waals surface area (Å²) in [5.74, 6) is 0. The lowest BCUT2D eigenvalue weighted by Crippen LogP contribution is -2.42. The number of para-hydroxylation sites is 1. The van der Waals surface area contributed by atoms with E-state index < -0.39 is 6.10 Å². The second-order valence-corrected chi connectivity index (χ2v) is 5.29. The van der Waals surface area contributed by atoms with Gasteiger partial charge in [0, 0.05) is 26.2 Å². The smallest absolute Gasteiger partial charge is 0.0839 e. The average molecular weight is 285 g/mol. The fourth-order valence-electron chi connectivity index (χ4n) is 2.22. The molecule has 0 aromatic heterocycles. The molecule has 1 heterocycles. The van der Waals surface area contributed by atoms with E-state index >= 15 is 0 Å². The number of morpholine rings is 1. The first kappa shape index (κ1) is 14.6. The molecule has 2 N–H and O–H groups in total. The summed E-state index contributed by atoms with van der Waals surface area (Å²) in [7, 11) is 0. The van der Waals surface area contributed by atoms with Crippen LogP contribution in [0, 0.1) is 6.92 Å². The average Bonchev–Trinajstić information content (AvgIpc) is 2.39. The number of aliphatic hydroxyl groups excluding tert-OH is 1. The maximum atomic E-state index is 10.1. The van der Waals surface area contributed by atoms with Gasteiger partial charge in [0.2, 0.25) is 0 Å². The Kier molecular flexibility index (Phi) is 5.45. The molecule has 1 aromatic rings. The highest BCUT2D eigenvalue weighted by atomic mass is 35.5. The van der Waals surface area contributed by atoms with Crippen LogP contribution in [0.2, 0.25) is 5.02 Å². The van der Waals surface area contributed by atoms with Crippen LogP contribution in [0.3, 0.4) is 0 Å². The lowest BCUT2D eigenvalue weighted by atomic mass is 10.2. The van der Waals surface area contributed by atoms with Gasteiger partial charge >= 0.3 is 0 Å². The van der Waals surface area contributed by atoms with Gasteiger partial charge in [0.05, 0.1) is 30.0 Å². The van der Waals surface area contributed by atoms with Crippen molar-refractivity contribution in [3.05, 3.63) is 28.8 Å². The van der Waals surface area contributed by atoms with Crippen LogP contribution in [0.1, 0.15) is 5.56 Å². The summed E-state index contributed by atoms with van der Waals surface area (Å²) in [5.41, 5.74) is 2.00. The number of ether oxygens (including phenoxy) is 1. The summed E-state index contributed by atoms with van der Waals surface area (Å²) in [4.78, 5) is 2.22. The molecule has 0 bridgehead atoms. The summed E-state index contributed by atoms with van der Waals surface area (Å²) < 4.78 is 5.29. The Morgan fingerprint density at radius 3 is 2.84 bits per heavy atom. The number of nitrogens with one attached hydrogen (secondary N) is 1. The van der Waals surface area contributed by atoms with Crippen LogP contribution in [0.5, 0.6) is 0 Å². The molecule has 4 nitrogen and oxygen atoms in total. The van der Waals surface area contributed by atoms with Crippen molar-refractivity contribution in [2.45, 2.75) is 13.0 Å². The molecule has 2 rings (SSSR count). The monoisotopic (exact) mass is 284 g/mol. The molecule has 0 aliphatic carbocycles. The highest BCUT2D eigenvalue weighted by molar-refractivity contribution is 6.33. The van der Waals surface area contributed by atoms with Crippen molar-refractivity contribution in [2.75, 3.05) is 44.7 Å². The van der Waals surface area contributed by atoms with E-state index in [0.29, 0.717) is 18.1 Å². The first-order valence-electron chi connectivity index (χ1n) is 6.64. The predicted octanol–water partition coefficient (Wildman–Crippen LogP) is 1.75. The standard InChI is InChI=1S/C14H21ClN2O2/c1-11-3-2-4-13(15)14(11)16-9-12(18)10-17-5-7-19-8-6-17/h2-4,12,16,18H,5-10H2,1H3. The van der Waals surface area contributed by atoms with Crippen molar-refractivity contribution < 1.29 is 9.84 Å². The summed E-state index contributed by atoms with van der Waals surface area (Å²) in [6.45, 7) is 6.46. The third-order valence-corrected chi connectivity index (χ3v) is 3.62. The molecule has 1 unspecified atom stereocenters. The number of benzene rings is 1. The number of halogens is 1. The second-order valence-electron chi connectivity index (χ2n) is 4.88. The fourth-order valence-corrected chi connectivity index (χ4v) is 2.51. The number of aryl methyl sites for hydroxylation is 1. The molecular formula is C14H21ClN2O2. The molecule has 1 saturated heterocycles. The van der Waals surface area contributed by atoms with Crippen molar-refractivity contribution in [1.29, 1.82) is 0 Å². The van der Waals surface area contributed by atoms with Crippen LogP contribution in [0.4, 0.5) is 5.69 Å². The number of hydrogen-bond acceptors (Lipinski definition) is 4. The van der Waals surface area contributed by atoms with E-state index in [0.717, 1.165) is 37.6 Å². The Hall–Kier alpha value is -0.810. The molecule has 0 radical (unpaired) electrons. The predicted molar refractivity (Wildman–Crippen MR) is 77.9 cm³/mol. The van der Waals surface area contributed by atoms with E-state index in [1.54, 1.807) is 0 Å². The van der Waals surface area contributed by atoms with Gasteiger partial charge in [0.25, 0.3) is 0 Å². The van der Waals surface area contributed by atoms with E-state index in [-0.39, 0.29) is 0 Å². The molecule has 1 aliphatic rings. The molecular weight excluding hydrogens is 264 g/mol. The highest BCUT2D eigenvalue weighted by Crippen LogP contribution is 2.24. The van der Waals surface area contributed by atoms with Crippen molar-refractivity contribution in [3.8, 4) is 0 Å². The normalized spacial score (nSPS) is 18.3. The van der Waals surface area contributed by atoms with Crippen molar-refractivity contribution in [1.82, 2.24) is 4.90 Å². The molecule has 19 heavy (non-hydrogen) atoms. The largest absolute Gasteiger partial charge is 0.390 e. The lowest BCUT2D eigenvalue weighted by Gasteiger charge is -2.28. The summed E-state index contributed by atoms with van der Waals surface area (Å²) in [5, 5.41) is 14.0. The fraction of sp³-hybridized carbons (Fsp3) is 0.571. The van der Waals surface area contributed by atoms with Crippen LogP contribution >= 0.6 is 11.6 Å². The molecule has 0 amide bonds. The molecule has 106 valence electrons. The van der Waals surface area contributed by atoms with E-state index in [2.05, 4.69) is 10.2 Å². The molecule has 1 aromatic carbocycles. The van der Waals surface area contributed by atoms with Gasteiger partial charge in [-0.1, -0.05) is 23.7 Å². The first-order chi connectivity index (χ1) is 9.16. The maximum Gasteiger partial charge on any atom is 0.0839 e. The van der Waals surface area contributed by atoms with E-state index in [9.17, 15) is 5.11 Å². The Morgan fingerprint density at radius 2 is 2.16 bits per heavy atom. The summed E-state index contributed by atoms with van der Waals surface area (Å²) in [6.07, 6.45) is -0.409. The zero-order chi connectivity index (χ0) is 13.7. The minimum atomic E-state index is -0.409. The highest BCUT2D eigenvalue weighted by Gasteiger charge is 2.15. The SMILES string of the molecule is Cc1cccc(Cl)c1NCC(O)CN1CCOCC1. The molecule has 5 heteroatoms. The summed E-state index contributed by atoms with van der Waals surface area (Å²) in [6, 6.07) is 5.78. The van der Waals surface area contributed by atoms with E-state index in [1.165, 1.54) is 0 Å². The van der Waals surface area contributed by atoms with E-state index in [4.69, 9.17) is 16.3 Å². The van der Waals surface area contributed by atoms with Crippen LogP contribution in [-0.2, 0) is 4.74 Å². The van der Waals surface area contributed by atoms with Gasteiger partial charge in [-0.25, -0.2) is 0 Å². The number of β-amino-alcohol motifs (C(OH)–C–C–N with tert-alkyl or cyclic N) is 1. The number of rotatable bonds is 5. The van der Waals surface area contributed by atoms with Crippen LogP contribution in [0.25, 0.3) is 0 Å². The molecule has 1 aliphatic heterocycles. The van der Waals surface area contributed by atoms with Gasteiger partial charge < -0.3 is 15.2 Å². The number of nitrogens with zero attached hydrogens (tertiary/aromatic N) is 1. The third-order valence-electron chi connectivity index (χ3n) is 3.31. The van der Waals surface area contributed by atoms with Gasteiger partial charge in [-0.3, -0.25) is 4.90 Å². The Bertz CT molecular complexity index is 388. The molecule has 1 atom stereocenters. The van der Waals surface area contributed by atoms with Gasteiger partial charge in [-0.2, -0.15) is 0 Å². The minimum absolute atomic E-state index is 0.409. The van der Waals surface area contributed by atoms with Crippen molar-refractivity contribution in [3.63, 3.8) is 0 Å². The van der Waals surface area contributed by atoms with Crippen LogP contribution in [-0.4, -0.2) is 55.5 Å². The Morgan fingerprint density at radius 1 is 1.42 bits per heavy atom. The van der Waals surface area contributed by atoms with Gasteiger partial charge in [0.15, 0.2) is 0 Å². The lowest BCUT2D eigenvalue weighted by molar-refractivity contribution is 0.0171. The molecule has 1 fully saturated rings. The van der Waals surface area contributed by atoms with Gasteiger partial charge in [-0.15, -0.1) is 0 Å². The molecule has 0 spiro atoms. The zero-order valence-electron chi connectivity index (χ0n) is 11.2. The second kappa shape index (κ2) is 7.10. The van der Waals surface area contributed by atoms with Crippen LogP contribution < -0.4 is 5.32 Å². The first-order valence-corrected chi connectivity index (χ1v) is 7.02. The zero-order valence-corrected chi connectivity index (χ0v) is 12.0. The Labute approximate surface area is 119 Å². The number of aliphatic hydroxyl groups is 1. The topological polar surface area (TPSA) is 44.7 Å². The van der Waals surface area contributed by atoms with Gasteiger partial charge in [0.1, 0.15) is 0 Å². The quantitative estimate of drug-likeness (QED) is 0.865.